The minimum absolute atomic E-state index is 0.157. The first-order valence-corrected chi connectivity index (χ1v) is 12.5. The molecular weight excluding hydrogens is 454 g/mol. The van der Waals surface area contributed by atoms with Crippen molar-refractivity contribution in [1.82, 2.24) is 5.32 Å². The van der Waals surface area contributed by atoms with Gasteiger partial charge in [-0.3, -0.25) is 14.6 Å². The number of amides is 2. The van der Waals surface area contributed by atoms with Gasteiger partial charge in [0.15, 0.2) is 0 Å². The second-order valence-corrected chi connectivity index (χ2v) is 10.6. The van der Waals surface area contributed by atoms with E-state index in [2.05, 4.69) is 5.32 Å². The lowest BCUT2D eigenvalue weighted by atomic mass is 10.0. The molecule has 1 heterocycles. The van der Waals surface area contributed by atoms with Crippen molar-refractivity contribution in [3.8, 4) is 0 Å². The minimum Gasteiger partial charge on any atom is -0.456 e. The van der Waals surface area contributed by atoms with E-state index in [4.69, 9.17) is 9.73 Å². The molecule has 0 bridgehead atoms. The standard InChI is InChI=1S/C29H37N3O4/c1-19(2)16-24-27(34)32(18-26(33)30-15-14-21-10-8-7-9-11-21)25-17-22(28(35)36-29(4,5)6)12-13-23(25)20(3)31-24/h7-13,17,19,24H,14-16,18H2,1-6H3,(H,30,33)/t24-/m1/s1. The van der Waals surface area contributed by atoms with E-state index in [0.717, 1.165) is 11.1 Å². The third-order valence-corrected chi connectivity index (χ3v) is 5.79. The summed E-state index contributed by atoms with van der Waals surface area (Å²) in [7, 11) is 0. The number of nitrogens with one attached hydrogen (secondary N) is 1. The number of hydrogen-bond acceptors (Lipinski definition) is 5. The predicted molar refractivity (Wildman–Crippen MR) is 143 cm³/mol. The van der Waals surface area contributed by atoms with Gasteiger partial charge in [-0.15, -0.1) is 0 Å². The topological polar surface area (TPSA) is 88.1 Å². The Kier molecular flexibility index (Phi) is 8.66. The van der Waals surface area contributed by atoms with Gasteiger partial charge in [0.2, 0.25) is 5.91 Å². The molecule has 2 aromatic carbocycles. The van der Waals surface area contributed by atoms with Crippen molar-refractivity contribution in [2.24, 2.45) is 10.9 Å². The van der Waals surface area contributed by atoms with E-state index in [1.165, 1.54) is 4.90 Å². The molecule has 0 fully saturated rings. The summed E-state index contributed by atoms with van der Waals surface area (Å²) in [6.07, 6.45) is 1.26. The normalized spacial score (nSPS) is 15.8. The van der Waals surface area contributed by atoms with Gasteiger partial charge in [-0.05, 0) is 64.2 Å². The zero-order valence-corrected chi connectivity index (χ0v) is 22.1. The number of hydrogen-bond donors (Lipinski definition) is 1. The van der Waals surface area contributed by atoms with Crippen LogP contribution in [0.25, 0.3) is 0 Å². The van der Waals surface area contributed by atoms with E-state index in [1.807, 2.05) is 51.1 Å². The van der Waals surface area contributed by atoms with Gasteiger partial charge >= 0.3 is 5.97 Å². The molecule has 0 spiro atoms. The van der Waals surface area contributed by atoms with Crippen LogP contribution in [0, 0.1) is 5.92 Å². The number of rotatable bonds is 8. The molecule has 1 aliphatic rings. The maximum absolute atomic E-state index is 13.7. The number of fused-ring (bicyclic) bond motifs is 1. The van der Waals surface area contributed by atoms with Gasteiger partial charge in [0.05, 0.1) is 11.3 Å². The van der Waals surface area contributed by atoms with E-state index in [1.54, 1.807) is 39.0 Å². The summed E-state index contributed by atoms with van der Waals surface area (Å²) in [6.45, 7) is 11.6. The third-order valence-electron chi connectivity index (χ3n) is 5.79. The lowest BCUT2D eigenvalue weighted by Gasteiger charge is -2.26. The second-order valence-electron chi connectivity index (χ2n) is 10.6. The van der Waals surface area contributed by atoms with Crippen LogP contribution in [0.3, 0.4) is 0 Å². The lowest BCUT2D eigenvalue weighted by molar-refractivity contribution is -0.124. The van der Waals surface area contributed by atoms with Crippen molar-refractivity contribution >= 4 is 29.2 Å². The molecule has 0 saturated carbocycles. The predicted octanol–water partition coefficient (Wildman–Crippen LogP) is 4.57. The first-order valence-electron chi connectivity index (χ1n) is 12.5. The largest absolute Gasteiger partial charge is 0.456 e. The number of carbonyl (C=O) groups excluding carboxylic acids is 3. The second kappa shape index (κ2) is 11.5. The number of nitrogens with zero attached hydrogens (tertiary/aromatic N) is 2. The Morgan fingerprint density at radius 1 is 1.11 bits per heavy atom. The van der Waals surface area contributed by atoms with Crippen molar-refractivity contribution in [3.05, 3.63) is 65.2 Å². The SMILES string of the molecule is CC1=N[C@H](CC(C)C)C(=O)N(CC(=O)NCCc2ccccc2)c2cc(C(=O)OC(C)(C)C)ccc21. The molecule has 0 saturated heterocycles. The van der Waals surface area contributed by atoms with Crippen molar-refractivity contribution in [1.29, 1.82) is 0 Å². The highest BCUT2D eigenvalue weighted by Gasteiger charge is 2.33. The van der Waals surface area contributed by atoms with Crippen LogP contribution in [0.4, 0.5) is 5.69 Å². The Morgan fingerprint density at radius 2 is 1.81 bits per heavy atom. The zero-order valence-electron chi connectivity index (χ0n) is 22.1. The van der Waals surface area contributed by atoms with E-state index < -0.39 is 17.6 Å². The Labute approximate surface area is 213 Å². The molecule has 0 unspecified atom stereocenters. The quantitative estimate of drug-likeness (QED) is 0.548. The average molecular weight is 492 g/mol. The number of benzene rings is 2. The maximum Gasteiger partial charge on any atom is 0.338 e. The van der Waals surface area contributed by atoms with Gasteiger partial charge in [-0.25, -0.2) is 4.79 Å². The Balaban J connectivity index is 1.88. The summed E-state index contributed by atoms with van der Waals surface area (Å²) < 4.78 is 5.53. The summed E-state index contributed by atoms with van der Waals surface area (Å²) in [5.74, 6) is -0.754. The molecule has 0 aliphatic carbocycles. The first kappa shape index (κ1) is 27.1. The molecule has 1 N–H and O–H groups in total. The Bertz CT molecular complexity index is 1130. The van der Waals surface area contributed by atoms with Crippen molar-refractivity contribution in [2.75, 3.05) is 18.0 Å². The molecule has 7 nitrogen and oxygen atoms in total. The van der Waals surface area contributed by atoms with E-state index in [0.29, 0.717) is 36.3 Å². The highest BCUT2D eigenvalue weighted by Crippen LogP contribution is 2.30. The Morgan fingerprint density at radius 3 is 2.44 bits per heavy atom. The first-order chi connectivity index (χ1) is 16.9. The fourth-order valence-electron chi connectivity index (χ4n) is 4.14. The van der Waals surface area contributed by atoms with Crippen molar-refractivity contribution in [2.45, 2.75) is 66.0 Å². The number of carbonyl (C=O) groups is 3. The van der Waals surface area contributed by atoms with E-state index in [9.17, 15) is 14.4 Å². The van der Waals surface area contributed by atoms with Gasteiger partial charge in [0, 0.05) is 17.8 Å². The van der Waals surface area contributed by atoms with Gasteiger partial charge in [-0.1, -0.05) is 50.2 Å². The molecule has 2 aromatic rings. The maximum atomic E-state index is 13.7. The van der Waals surface area contributed by atoms with Gasteiger partial charge in [-0.2, -0.15) is 0 Å². The van der Waals surface area contributed by atoms with Crippen LogP contribution in [-0.4, -0.2) is 48.2 Å². The zero-order chi connectivity index (χ0) is 26.5. The van der Waals surface area contributed by atoms with Gasteiger partial charge in [0.25, 0.3) is 5.91 Å². The smallest absolute Gasteiger partial charge is 0.338 e. The number of aliphatic imine (C=N–C) groups is 1. The summed E-state index contributed by atoms with van der Waals surface area (Å²) in [6, 6.07) is 14.4. The van der Waals surface area contributed by atoms with Gasteiger partial charge in [0.1, 0.15) is 18.2 Å². The van der Waals surface area contributed by atoms with Crippen LogP contribution in [0.1, 0.15) is 69.4 Å². The Hall–Kier alpha value is -3.48. The summed E-state index contributed by atoms with van der Waals surface area (Å²) in [4.78, 5) is 45.6. The minimum atomic E-state index is -0.655. The third kappa shape index (κ3) is 7.26. The van der Waals surface area contributed by atoms with Crippen LogP contribution in [-0.2, 0) is 20.7 Å². The lowest BCUT2D eigenvalue weighted by Crippen LogP contribution is -2.45. The van der Waals surface area contributed by atoms with Crippen LogP contribution < -0.4 is 10.2 Å². The van der Waals surface area contributed by atoms with E-state index >= 15 is 0 Å². The average Bonchev–Trinajstić information content (AvgIpc) is 2.88. The molecule has 192 valence electrons. The summed E-state index contributed by atoms with van der Waals surface area (Å²) in [5.41, 5.74) is 2.70. The molecule has 7 heteroatoms. The molecule has 1 aliphatic heterocycles. The van der Waals surface area contributed by atoms with Crippen molar-refractivity contribution in [3.63, 3.8) is 0 Å². The molecular formula is C29H37N3O4. The monoisotopic (exact) mass is 491 g/mol. The highest BCUT2D eigenvalue weighted by atomic mass is 16.6. The van der Waals surface area contributed by atoms with Crippen LogP contribution >= 0.6 is 0 Å². The molecule has 3 rings (SSSR count). The number of esters is 1. The molecule has 1 atom stereocenters. The summed E-state index contributed by atoms with van der Waals surface area (Å²) >= 11 is 0. The van der Waals surface area contributed by atoms with Crippen molar-refractivity contribution < 1.29 is 19.1 Å². The highest BCUT2D eigenvalue weighted by molar-refractivity contribution is 6.14. The molecule has 0 aromatic heterocycles. The fraction of sp³-hybridized carbons (Fsp3) is 0.448. The van der Waals surface area contributed by atoms with Crippen LogP contribution in [0.2, 0.25) is 0 Å². The summed E-state index contributed by atoms with van der Waals surface area (Å²) in [5, 5.41) is 2.92. The van der Waals surface area contributed by atoms with Crippen LogP contribution in [0.15, 0.2) is 53.5 Å². The fourth-order valence-corrected chi connectivity index (χ4v) is 4.14. The molecule has 36 heavy (non-hydrogen) atoms. The number of anilines is 1. The van der Waals surface area contributed by atoms with E-state index in [-0.39, 0.29) is 24.3 Å². The number of benzodiazepines with no additional fused rings is 1. The van der Waals surface area contributed by atoms with Gasteiger partial charge < -0.3 is 15.0 Å². The molecule has 0 radical (unpaired) electrons. The molecule has 2 amide bonds. The number of ether oxygens (including phenoxy) is 1. The van der Waals surface area contributed by atoms with Crippen LogP contribution in [0.5, 0.6) is 0 Å².